The van der Waals surface area contributed by atoms with Crippen molar-refractivity contribution in [3.8, 4) is 11.1 Å². The highest BCUT2D eigenvalue weighted by molar-refractivity contribution is 5.96. The zero-order valence-corrected chi connectivity index (χ0v) is 16.1. The van der Waals surface area contributed by atoms with Crippen molar-refractivity contribution in [2.75, 3.05) is 18.0 Å². The molecule has 1 saturated carbocycles. The molecular weight excluding hydrogens is 348 g/mol. The van der Waals surface area contributed by atoms with Gasteiger partial charge in [0, 0.05) is 36.3 Å². The van der Waals surface area contributed by atoms with Gasteiger partial charge in [0.2, 0.25) is 5.95 Å². The standard InChI is InChI=1S/C23H24N4O/c1-15-4-5-17(22(28)25-19-7-8-19)13-20(15)16-6-9-21-18(12-16)14-24-23(26-21)27-10-2-3-11-27/h4-6,9,12-14,19H,2-3,7-8,10-11H2,1H3,(H,25,28). The molecule has 3 aromatic rings. The molecule has 0 bridgehead atoms. The van der Waals surface area contributed by atoms with Crippen LogP contribution >= 0.6 is 0 Å². The van der Waals surface area contributed by atoms with Gasteiger partial charge in [-0.15, -0.1) is 0 Å². The van der Waals surface area contributed by atoms with Crippen LogP contribution in [0.4, 0.5) is 5.95 Å². The summed E-state index contributed by atoms with van der Waals surface area (Å²) in [4.78, 5) is 24.0. The predicted molar refractivity (Wildman–Crippen MR) is 112 cm³/mol. The van der Waals surface area contributed by atoms with Crippen molar-refractivity contribution in [3.63, 3.8) is 0 Å². The smallest absolute Gasteiger partial charge is 0.251 e. The molecule has 142 valence electrons. The number of nitrogens with zero attached hydrogens (tertiary/aromatic N) is 3. The lowest BCUT2D eigenvalue weighted by atomic mass is 9.97. The molecule has 1 aliphatic heterocycles. The Bertz CT molecular complexity index is 1050. The van der Waals surface area contributed by atoms with Gasteiger partial charge in [-0.2, -0.15) is 0 Å². The lowest BCUT2D eigenvalue weighted by Gasteiger charge is -2.15. The van der Waals surface area contributed by atoms with Crippen LogP contribution in [-0.4, -0.2) is 35.0 Å². The van der Waals surface area contributed by atoms with E-state index in [0.717, 1.165) is 59.5 Å². The topological polar surface area (TPSA) is 58.1 Å². The number of amides is 1. The quantitative estimate of drug-likeness (QED) is 0.749. The number of fused-ring (bicyclic) bond motifs is 1. The van der Waals surface area contributed by atoms with E-state index < -0.39 is 0 Å². The Kier molecular flexibility index (Phi) is 4.23. The van der Waals surface area contributed by atoms with Gasteiger partial charge in [-0.05, 0) is 73.6 Å². The molecule has 0 unspecified atom stereocenters. The van der Waals surface area contributed by atoms with Gasteiger partial charge in [-0.25, -0.2) is 9.97 Å². The van der Waals surface area contributed by atoms with Crippen molar-refractivity contribution in [1.29, 1.82) is 0 Å². The van der Waals surface area contributed by atoms with Crippen LogP contribution in [0.3, 0.4) is 0 Å². The van der Waals surface area contributed by atoms with Crippen molar-refractivity contribution in [2.45, 2.75) is 38.6 Å². The predicted octanol–water partition coefficient (Wildman–Crippen LogP) is 4.10. The van der Waals surface area contributed by atoms with E-state index in [2.05, 4.69) is 40.3 Å². The molecule has 1 amide bonds. The average molecular weight is 372 g/mol. The summed E-state index contributed by atoms with van der Waals surface area (Å²) in [5, 5.41) is 4.09. The Hall–Kier alpha value is -2.95. The van der Waals surface area contributed by atoms with Gasteiger partial charge in [0.25, 0.3) is 5.91 Å². The van der Waals surface area contributed by atoms with E-state index in [4.69, 9.17) is 4.98 Å². The molecule has 2 aliphatic rings. The van der Waals surface area contributed by atoms with Crippen LogP contribution in [0, 0.1) is 6.92 Å². The molecule has 0 spiro atoms. The van der Waals surface area contributed by atoms with Crippen molar-refractivity contribution in [1.82, 2.24) is 15.3 Å². The minimum atomic E-state index is 0.0168. The van der Waals surface area contributed by atoms with E-state index in [1.54, 1.807) is 0 Å². The van der Waals surface area contributed by atoms with Crippen molar-refractivity contribution >= 4 is 22.8 Å². The second-order valence-corrected chi connectivity index (χ2v) is 7.92. The molecule has 28 heavy (non-hydrogen) atoms. The van der Waals surface area contributed by atoms with E-state index in [9.17, 15) is 4.79 Å². The fourth-order valence-corrected chi connectivity index (χ4v) is 3.83. The minimum Gasteiger partial charge on any atom is -0.349 e. The van der Waals surface area contributed by atoms with Crippen LogP contribution in [-0.2, 0) is 0 Å². The largest absolute Gasteiger partial charge is 0.349 e. The SMILES string of the molecule is Cc1ccc(C(=O)NC2CC2)cc1-c1ccc2nc(N3CCCC3)ncc2c1. The molecule has 5 heteroatoms. The van der Waals surface area contributed by atoms with Crippen LogP contribution in [0.15, 0.2) is 42.6 Å². The minimum absolute atomic E-state index is 0.0168. The summed E-state index contributed by atoms with van der Waals surface area (Å²) >= 11 is 0. The first-order chi connectivity index (χ1) is 13.7. The maximum Gasteiger partial charge on any atom is 0.251 e. The lowest BCUT2D eigenvalue weighted by molar-refractivity contribution is 0.0951. The van der Waals surface area contributed by atoms with E-state index >= 15 is 0 Å². The van der Waals surface area contributed by atoms with Crippen molar-refractivity contribution in [3.05, 3.63) is 53.7 Å². The first-order valence-corrected chi connectivity index (χ1v) is 10.1. The number of hydrogen-bond acceptors (Lipinski definition) is 4. The van der Waals surface area contributed by atoms with Gasteiger partial charge < -0.3 is 10.2 Å². The number of carbonyl (C=O) groups excluding carboxylic acids is 1. The van der Waals surface area contributed by atoms with Gasteiger partial charge in [-0.1, -0.05) is 12.1 Å². The van der Waals surface area contributed by atoms with E-state index in [1.165, 1.54) is 12.8 Å². The molecule has 1 N–H and O–H groups in total. The Morgan fingerprint density at radius 2 is 1.93 bits per heavy atom. The lowest BCUT2D eigenvalue weighted by Crippen LogP contribution is -2.25. The highest BCUT2D eigenvalue weighted by atomic mass is 16.1. The average Bonchev–Trinajstić information content (AvgIpc) is 3.36. The van der Waals surface area contributed by atoms with Crippen LogP contribution in [0.1, 0.15) is 41.6 Å². The summed E-state index contributed by atoms with van der Waals surface area (Å²) in [7, 11) is 0. The van der Waals surface area contributed by atoms with Crippen LogP contribution in [0.5, 0.6) is 0 Å². The number of nitrogens with one attached hydrogen (secondary N) is 1. The summed E-state index contributed by atoms with van der Waals surface area (Å²) in [5.41, 5.74) is 4.99. The Morgan fingerprint density at radius 1 is 1.11 bits per heavy atom. The van der Waals surface area contributed by atoms with E-state index in [-0.39, 0.29) is 5.91 Å². The van der Waals surface area contributed by atoms with Crippen molar-refractivity contribution in [2.24, 2.45) is 0 Å². The zero-order valence-electron chi connectivity index (χ0n) is 16.1. The third-order valence-corrected chi connectivity index (χ3v) is 5.68. The monoisotopic (exact) mass is 372 g/mol. The summed E-state index contributed by atoms with van der Waals surface area (Å²) in [6.45, 7) is 4.16. The van der Waals surface area contributed by atoms with Gasteiger partial charge in [-0.3, -0.25) is 4.79 Å². The molecule has 2 aromatic carbocycles. The first-order valence-electron chi connectivity index (χ1n) is 10.1. The Morgan fingerprint density at radius 3 is 2.71 bits per heavy atom. The van der Waals surface area contributed by atoms with Crippen molar-refractivity contribution < 1.29 is 4.79 Å². The number of carbonyl (C=O) groups is 1. The number of aryl methyl sites for hydroxylation is 1. The van der Waals surface area contributed by atoms with Gasteiger partial charge in [0.15, 0.2) is 0 Å². The van der Waals surface area contributed by atoms with Gasteiger partial charge >= 0.3 is 0 Å². The molecule has 2 heterocycles. The zero-order chi connectivity index (χ0) is 19.1. The van der Waals surface area contributed by atoms with Crippen LogP contribution in [0.25, 0.3) is 22.0 Å². The van der Waals surface area contributed by atoms with Gasteiger partial charge in [0.1, 0.15) is 0 Å². The number of rotatable bonds is 4. The Balaban J connectivity index is 1.48. The second kappa shape index (κ2) is 6.89. The van der Waals surface area contributed by atoms with Gasteiger partial charge in [0.05, 0.1) is 5.52 Å². The second-order valence-electron chi connectivity index (χ2n) is 7.92. The molecule has 5 nitrogen and oxygen atoms in total. The van der Waals surface area contributed by atoms with E-state index in [0.29, 0.717) is 11.6 Å². The maximum absolute atomic E-state index is 12.4. The highest BCUT2D eigenvalue weighted by Crippen LogP contribution is 2.29. The molecule has 1 aromatic heterocycles. The summed E-state index contributed by atoms with van der Waals surface area (Å²) in [6.07, 6.45) is 6.52. The maximum atomic E-state index is 12.4. The number of anilines is 1. The number of aromatic nitrogens is 2. The van der Waals surface area contributed by atoms with E-state index in [1.807, 2.05) is 24.4 Å². The highest BCUT2D eigenvalue weighted by Gasteiger charge is 2.24. The van der Waals surface area contributed by atoms with Crippen LogP contribution < -0.4 is 10.2 Å². The normalized spacial score (nSPS) is 16.5. The third-order valence-electron chi connectivity index (χ3n) is 5.68. The number of hydrogen-bond donors (Lipinski definition) is 1. The molecule has 5 rings (SSSR count). The fraction of sp³-hybridized carbons (Fsp3) is 0.348. The summed E-state index contributed by atoms with van der Waals surface area (Å²) < 4.78 is 0. The molecule has 2 fully saturated rings. The summed E-state index contributed by atoms with van der Waals surface area (Å²) in [5.74, 6) is 0.843. The van der Waals surface area contributed by atoms with Crippen LogP contribution in [0.2, 0.25) is 0 Å². The molecule has 0 atom stereocenters. The first kappa shape index (κ1) is 17.2. The third kappa shape index (κ3) is 3.33. The number of benzene rings is 2. The molecule has 1 saturated heterocycles. The Labute approximate surface area is 164 Å². The molecule has 1 aliphatic carbocycles. The fourth-order valence-electron chi connectivity index (χ4n) is 3.83. The molecular formula is C23H24N4O. The summed E-state index contributed by atoms with van der Waals surface area (Å²) in [6, 6.07) is 12.6. The molecule has 0 radical (unpaired) electrons.